The Bertz CT molecular complexity index is 407. The molecule has 2 N–H and O–H groups in total. The maximum atomic E-state index is 5.01. The summed E-state index contributed by atoms with van der Waals surface area (Å²) < 4.78 is 5.01. The molecule has 0 amide bonds. The van der Waals surface area contributed by atoms with Crippen LogP contribution in [-0.4, -0.2) is 15.2 Å². The Kier molecular flexibility index (Phi) is 2.82. The van der Waals surface area contributed by atoms with Crippen LogP contribution in [0.5, 0.6) is 0 Å². The fourth-order valence-corrected chi connectivity index (χ4v) is 1.35. The van der Waals surface area contributed by atoms with E-state index in [9.17, 15) is 0 Å². The number of nitrogens with one attached hydrogen (secondary N) is 2. The quantitative estimate of drug-likeness (QED) is 0.796. The van der Waals surface area contributed by atoms with E-state index in [4.69, 9.17) is 4.42 Å². The summed E-state index contributed by atoms with van der Waals surface area (Å²) in [5.41, 5.74) is 1.13. The van der Waals surface area contributed by atoms with Gasteiger partial charge in [0.25, 0.3) is 0 Å². The van der Waals surface area contributed by atoms with Gasteiger partial charge in [-0.15, -0.1) is 0 Å². The highest BCUT2D eigenvalue weighted by atomic mass is 16.3. The van der Waals surface area contributed by atoms with Gasteiger partial charge in [0.1, 0.15) is 5.82 Å². The first-order valence-electron chi connectivity index (χ1n) is 4.89. The minimum absolute atomic E-state index is 0.238. The molecule has 0 bridgehead atoms. The van der Waals surface area contributed by atoms with Gasteiger partial charge in [0.05, 0.1) is 19.1 Å². The van der Waals surface area contributed by atoms with Crippen LogP contribution >= 0.6 is 0 Å². The molecule has 15 heavy (non-hydrogen) atoms. The second kappa shape index (κ2) is 4.27. The number of hydrogen-bond donors (Lipinski definition) is 2. The molecule has 0 radical (unpaired) electrons. The summed E-state index contributed by atoms with van der Waals surface area (Å²) in [5, 5.41) is 10.2. The Morgan fingerprint density at radius 1 is 1.60 bits per heavy atom. The molecule has 2 heterocycles. The van der Waals surface area contributed by atoms with E-state index in [-0.39, 0.29) is 6.04 Å². The Labute approximate surface area is 87.9 Å². The largest absolute Gasteiger partial charge is 0.472 e. The zero-order valence-corrected chi connectivity index (χ0v) is 8.82. The highest BCUT2D eigenvalue weighted by Crippen LogP contribution is 2.12. The number of H-pyrrole nitrogens is 1. The summed E-state index contributed by atoms with van der Waals surface area (Å²) in [6.07, 6.45) is 3.41. The summed E-state index contributed by atoms with van der Waals surface area (Å²) in [6, 6.07) is 2.18. The number of nitrogens with zero attached hydrogens (tertiary/aromatic N) is 2. The van der Waals surface area contributed by atoms with Crippen LogP contribution in [0.15, 0.2) is 23.0 Å². The second-order valence-electron chi connectivity index (χ2n) is 3.50. The van der Waals surface area contributed by atoms with Crippen molar-refractivity contribution in [3.63, 3.8) is 0 Å². The summed E-state index contributed by atoms with van der Waals surface area (Å²) in [4.78, 5) is 4.21. The fraction of sp³-hybridized carbons (Fsp3) is 0.400. The summed E-state index contributed by atoms with van der Waals surface area (Å²) >= 11 is 0. The lowest BCUT2D eigenvalue weighted by Gasteiger charge is -2.09. The summed E-state index contributed by atoms with van der Waals surface area (Å²) in [5.74, 6) is 1.62. The normalized spacial score (nSPS) is 12.9. The number of aromatic amines is 1. The van der Waals surface area contributed by atoms with Gasteiger partial charge < -0.3 is 9.73 Å². The molecule has 0 fully saturated rings. The number of hydrogen-bond acceptors (Lipinski definition) is 4. The van der Waals surface area contributed by atoms with Crippen LogP contribution < -0.4 is 5.32 Å². The molecule has 80 valence electrons. The van der Waals surface area contributed by atoms with Gasteiger partial charge in [-0.1, -0.05) is 0 Å². The van der Waals surface area contributed by atoms with E-state index in [2.05, 4.69) is 27.4 Å². The Morgan fingerprint density at radius 3 is 3.07 bits per heavy atom. The van der Waals surface area contributed by atoms with Gasteiger partial charge in [-0.3, -0.25) is 5.10 Å². The lowest BCUT2D eigenvalue weighted by atomic mass is 10.2. The van der Waals surface area contributed by atoms with Crippen LogP contribution in [0.3, 0.4) is 0 Å². The van der Waals surface area contributed by atoms with E-state index in [1.807, 2.05) is 13.0 Å². The maximum absolute atomic E-state index is 5.01. The van der Waals surface area contributed by atoms with Crippen LogP contribution in [0.25, 0.3) is 0 Å². The fourth-order valence-electron chi connectivity index (χ4n) is 1.35. The highest BCUT2D eigenvalue weighted by molar-refractivity contribution is 5.10. The Balaban J connectivity index is 1.88. The molecule has 0 saturated carbocycles. The van der Waals surface area contributed by atoms with Crippen molar-refractivity contribution < 1.29 is 4.42 Å². The maximum Gasteiger partial charge on any atom is 0.164 e. The Hall–Kier alpha value is -1.62. The van der Waals surface area contributed by atoms with Crippen molar-refractivity contribution in [1.82, 2.24) is 20.5 Å². The highest BCUT2D eigenvalue weighted by Gasteiger charge is 2.07. The third-order valence-electron chi connectivity index (χ3n) is 2.25. The molecular weight excluding hydrogens is 192 g/mol. The first-order chi connectivity index (χ1) is 7.25. The molecule has 5 nitrogen and oxygen atoms in total. The number of aryl methyl sites for hydroxylation is 1. The first kappa shape index (κ1) is 9.92. The number of furan rings is 1. The smallest absolute Gasteiger partial charge is 0.164 e. The Morgan fingerprint density at radius 2 is 2.47 bits per heavy atom. The van der Waals surface area contributed by atoms with Gasteiger partial charge in [0, 0.05) is 11.6 Å². The van der Waals surface area contributed by atoms with Crippen molar-refractivity contribution in [2.45, 2.75) is 26.4 Å². The van der Waals surface area contributed by atoms with E-state index in [1.54, 1.807) is 12.5 Å². The standard InChI is InChI=1S/C10H14N4O/c1-7(9-3-4-15-6-9)11-5-10-12-8(2)13-14-10/h3-4,6-7,11H,5H2,1-2H3,(H,12,13,14). The average Bonchev–Trinajstić information content (AvgIpc) is 2.84. The minimum atomic E-state index is 0.238. The summed E-state index contributed by atoms with van der Waals surface area (Å²) in [7, 11) is 0. The molecular formula is C10H14N4O. The third-order valence-corrected chi connectivity index (χ3v) is 2.25. The van der Waals surface area contributed by atoms with E-state index < -0.39 is 0 Å². The monoisotopic (exact) mass is 206 g/mol. The van der Waals surface area contributed by atoms with Crippen LogP contribution in [-0.2, 0) is 6.54 Å². The predicted octanol–water partition coefficient (Wildman–Crippen LogP) is 1.56. The van der Waals surface area contributed by atoms with E-state index >= 15 is 0 Å². The van der Waals surface area contributed by atoms with Crippen molar-refractivity contribution >= 4 is 0 Å². The van der Waals surface area contributed by atoms with E-state index in [1.165, 1.54) is 0 Å². The van der Waals surface area contributed by atoms with Crippen molar-refractivity contribution in [1.29, 1.82) is 0 Å². The molecule has 0 aliphatic heterocycles. The average molecular weight is 206 g/mol. The zero-order valence-electron chi connectivity index (χ0n) is 8.82. The van der Waals surface area contributed by atoms with Crippen molar-refractivity contribution in [2.24, 2.45) is 0 Å². The molecule has 0 aliphatic rings. The molecule has 2 rings (SSSR count). The van der Waals surface area contributed by atoms with Crippen LogP contribution in [0.4, 0.5) is 0 Å². The number of rotatable bonds is 4. The van der Waals surface area contributed by atoms with Gasteiger partial charge >= 0.3 is 0 Å². The third kappa shape index (κ3) is 2.44. The van der Waals surface area contributed by atoms with Gasteiger partial charge in [0.15, 0.2) is 5.82 Å². The van der Waals surface area contributed by atoms with E-state index in [0.29, 0.717) is 6.54 Å². The van der Waals surface area contributed by atoms with Crippen molar-refractivity contribution in [3.8, 4) is 0 Å². The van der Waals surface area contributed by atoms with Gasteiger partial charge in [-0.25, -0.2) is 4.98 Å². The minimum Gasteiger partial charge on any atom is -0.472 e. The zero-order chi connectivity index (χ0) is 10.7. The summed E-state index contributed by atoms with van der Waals surface area (Å²) in [6.45, 7) is 4.61. The predicted molar refractivity (Wildman–Crippen MR) is 55.1 cm³/mol. The first-order valence-corrected chi connectivity index (χ1v) is 4.89. The lowest BCUT2D eigenvalue weighted by molar-refractivity contribution is 0.532. The van der Waals surface area contributed by atoms with Gasteiger partial charge in [0.2, 0.25) is 0 Å². The molecule has 0 aliphatic carbocycles. The lowest BCUT2D eigenvalue weighted by Crippen LogP contribution is -2.18. The second-order valence-corrected chi connectivity index (χ2v) is 3.50. The number of aromatic nitrogens is 3. The molecule has 0 spiro atoms. The van der Waals surface area contributed by atoms with Crippen LogP contribution in [0, 0.1) is 6.92 Å². The molecule has 1 unspecified atom stereocenters. The molecule has 0 saturated heterocycles. The molecule has 1 atom stereocenters. The van der Waals surface area contributed by atoms with Crippen LogP contribution in [0.1, 0.15) is 30.2 Å². The van der Waals surface area contributed by atoms with Gasteiger partial charge in [-0.2, -0.15) is 5.10 Å². The molecule has 2 aromatic heterocycles. The molecule has 0 aromatic carbocycles. The van der Waals surface area contributed by atoms with Crippen molar-refractivity contribution in [2.75, 3.05) is 0 Å². The molecule has 2 aromatic rings. The SMILES string of the molecule is Cc1nc(CNC(C)c2ccoc2)n[nH]1. The molecule has 5 heteroatoms. The van der Waals surface area contributed by atoms with E-state index in [0.717, 1.165) is 17.2 Å². The topological polar surface area (TPSA) is 66.7 Å². The van der Waals surface area contributed by atoms with Gasteiger partial charge in [-0.05, 0) is 19.9 Å². The van der Waals surface area contributed by atoms with Crippen LogP contribution in [0.2, 0.25) is 0 Å². The van der Waals surface area contributed by atoms with Crippen molar-refractivity contribution in [3.05, 3.63) is 35.8 Å².